The number of para-hydroxylation sites is 1. The van der Waals surface area contributed by atoms with E-state index in [1.54, 1.807) is 11.0 Å². The summed E-state index contributed by atoms with van der Waals surface area (Å²) in [5, 5.41) is 3.14. The molecule has 2 heterocycles. The van der Waals surface area contributed by atoms with Crippen LogP contribution in [0.2, 0.25) is 0 Å². The maximum Gasteiger partial charge on any atom is 0.256 e. The third kappa shape index (κ3) is 3.93. The predicted molar refractivity (Wildman–Crippen MR) is 117 cm³/mol. The van der Waals surface area contributed by atoms with Crippen molar-refractivity contribution in [2.24, 2.45) is 5.92 Å². The molecule has 0 unspecified atom stereocenters. The summed E-state index contributed by atoms with van der Waals surface area (Å²) >= 11 is 0. The minimum absolute atomic E-state index is 0.0746. The van der Waals surface area contributed by atoms with Crippen LogP contribution in [0, 0.1) is 11.7 Å². The van der Waals surface area contributed by atoms with Crippen molar-refractivity contribution in [3.05, 3.63) is 78.1 Å². The van der Waals surface area contributed by atoms with Gasteiger partial charge < -0.3 is 19.7 Å². The molecule has 5 rings (SSSR count). The Labute approximate surface area is 180 Å². The zero-order valence-corrected chi connectivity index (χ0v) is 17.0. The number of hydrogen-bond acceptors (Lipinski definition) is 4. The van der Waals surface area contributed by atoms with Crippen LogP contribution >= 0.6 is 0 Å². The van der Waals surface area contributed by atoms with E-state index in [9.17, 15) is 9.18 Å². The summed E-state index contributed by atoms with van der Waals surface area (Å²) in [4.78, 5) is 14.4. The lowest BCUT2D eigenvalue weighted by molar-refractivity contribution is 0.0389. The lowest BCUT2D eigenvalue weighted by Gasteiger charge is -2.39. The quantitative estimate of drug-likeness (QED) is 0.665. The number of amides is 1. The highest BCUT2D eigenvalue weighted by molar-refractivity contribution is 5.96. The van der Waals surface area contributed by atoms with Crippen LogP contribution in [-0.4, -0.2) is 43.7 Å². The highest BCUT2D eigenvalue weighted by Crippen LogP contribution is 2.33. The summed E-state index contributed by atoms with van der Waals surface area (Å²) in [6, 6.07) is 20.9. The van der Waals surface area contributed by atoms with Gasteiger partial charge in [0.2, 0.25) is 0 Å². The number of carbonyl (C=O) groups excluding carboxylic acids is 1. The maximum absolute atomic E-state index is 14.4. The number of anilines is 1. The van der Waals surface area contributed by atoms with Gasteiger partial charge in [0.15, 0.2) is 0 Å². The van der Waals surface area contributed by atoms with Crippen molar-refractivity contribution in [3.63, 3.8) is 0 Å². The molecule has 0 aliphatic carbocycles. The van der Waals surface area contributed by atoms with Crippen LogP contribution in [-0.2, 0) is 0 Å². The van der Waals surface area contributed by atoms with Gasteiger partial charge in [-0.15, -0.1) is 0 Å². The Morgan fingerprint density at radius 3 is 2.71 bits per heavy atom. The Kier molecular flexibility index (Phi) is 5.20. The molecule has 3 aromatic carbocycles. The van der Waals surface area contributed by atoms with E-state index in [1.165, 1.54) is 6.07 Å². The molecule has 1 fully saturated rings. The van der Waals surface area contributed by atoms with Gasteiger partial charge in [0.05, 0.1) is 17.9 Å². The number of hydrogen-bond donors (Lipinski definition) is 1. The van der Waals surface area contributed by atoms with Gasteiger partial charge >= 0.3 is 0 Å². The number of fused-ring (bicyclic) bond motifs is 1. The summed E-state index contributed by atoms with van der Waals surface area (Å²) in [6.45, 7) is 2.73. The molecule has 3 aromatic rings. The van der Waals surface area contributed by atoms with Crippen LogP contribution in [0.25, 0.3) is 11.1 Å². The van der Waals surface area contributed by atoms with Crippen molar-refractivity contribution in [2.75, 3.05) is 38.2 Å². The third-order valence-electron chi connectivity index (χ3n) is 5.67. The molecule has 5 nitrogen and oxygen atoms in total. The van der Waals surface area contributed by atoms with E-state index in [2.05, 4.69) is 17.4 Å². The lowest BCUT2D eigenvalue weighted by atomic mass is 9.99. The van der Waals surface area contributed by atoms with E-state index in [1.807, 2.05) is 42.5 Å². The van der Waals surface area contributed by atoms with Crippen LogP contribution < -0.4 is 14.8 Å². The van der Waals surface area contributed by atoms with Gasteiger partial charge in [-0.25, -0.2) is 4.39 Å². The molecule has 0 saturated carbocycles. The number of nitrogens with zero attached hydrogens (tertiary/aromatic N) is 1. The third-order valence-corrected chi connectivity index (χ3v) is 5.67. The van der Waals surface area contributed by atoms with E-state index in [4.69, 9.17) is 9.47 Å². The monoisotopic (exact) mass is 418 g/mol. The Bertz CT molecular complexity index is 1100. The summed E-state index contributed by atoms with van der Waals surface area (Å²) in [5.41, 5.74) is 2.88. The number of rotatable bonds is 5. The van der Waals surface area contributed by atoms with Crippen LogP contribution in [0.3, 0.4) is 0 Å². The fraction of sp³-hybridized carbons (Fsp3) is 0.240. The van der Waals surface area contributed by atoms with Crippen LogP contribution in [0.5, 0.6) is 11.5 Å². The molecule has 6 heteroatoms. The molecule has 158 valence electrons. The molecule has 1 saturated heterocycles. The van der Waals surface area contributed by atoms with Crippen LogP contribution in [0.4, 0.5) is 10.1 Å². The highest BCUT2D eigenvalue weighted by Gasteiger charge is 2.33. The minimum Gasteiger partial charge on any atom is -0.493 e. The van der Waals surface area contributed by atoms with Gasteiger partial charge in [-0.1, -0.05) is 48.5 Å². The fourth-order valence-corrected chi connectivity index (χ4v) is 3.99. The molecule has 1 N–H and O–H groups in total. The van der Waals surface area contributed by atoms with Gasteiger partial charge in [-0.3, -0.25) is 4.79 Å². The molecule has 2 aliphatic rings. The number of nitrogens with one attached hydrogen (secondary N) is 1. The average molecular weight is 418 g/mol. The van der Waals surface area contributed by atoms with Gasteiger partial charge in [0, 0.05) is 37.2 Å². The van der Waals surface area contributed by atoms with Crippen molar-refractivity contribution >= 4 is 11.6 Å². The van der Waals surface area contributed by atoms with Crippen LogP contribution in [0.15, 0.2) is 66.7 Å². The second kappa shape index (κ2) is 8.30. The van der Waals surface area contributed by atoms with Crippen molar-refractivity contribution in [3.8, 4) is 22.6 Å². The zero-order valence-electron chi connectivity index (χ0n) is 17.0. The average Bonchev–Trinajstić information content (AvgIpc) is 2.78. The number of benzene rings is 3. The number of halogens is 1. The molecule has 0 aromatic heterocycles. The largest absolute Gasteiger partial charge is 0.493 e. The Balaban J connectivity index is 1.21. The highest BCUT2D eigenvalue weighted by atomic mass is 19.1. The SMILES string of the molecule is O=C(c1cc2c(cc1F)OCCN2)N1CC(COc2ccccc2-c2ccccc2)C1. The second-order valence-electron chi connectivity index (χ2n) is 7.85. The normalized spacial score (nSPS) is 15.3. The van der Waals surface area contributed by atoms with Crippen molar-refractivity contribution in [2.45, 2.75) is 0 Å². The molecule has 1 amide bonds. The maximum atomic E-state index is 14.4. The molecule has 0 bridgehead atoms. The Morgan fingerprint density at radius 1 is 1.10 bits per heavy atom. The smallest absolute Gasteiger partial charge is 0.256 e. The van der Waals surface area contributed by atoms with E-state index in [0.29, 0.717) is 44.3 Å². The Hall–Kier alpha value is -3.54. The summed E-state index contributed by atoms with van der Waals surface area (Å²) in [6.07, 6.45) is 0. The van der Waals surface area contributed by atoms with E-state index in [-0.39, 0.29) is 17.4 Å². The second-order valence-corrected chi connectivity index (χ2v) is 7.85. The predicted octanol–water partition coefficient (Wildman–Crippen LogP) is 4.45. The number of likely N-dealkylation sites (tertiary alicyclic amines) is 1. The summed E-state index contributed by atoms with van der Waals surface area (Å²) in [5.74, 6) is 0.644. The molecule has 0 atom stereocenters. The molecule has 0 spiro atoms. The zero-order chi connectivity index (χ0) is 21.2. The summed E-state index contributed by atoms with van der Waals surface area (Å²) < 4.78 is 26.0. The first-order chi connectivity index (χ1) is 15.2. The fourth-order valence-electron chi connectivity index (χ4n) is 3.99. The van der Waals surface area contributed by atoms with Gasteiger partial charge in [-0.2, -0.15) is 0 Å². The first kappa shape index (κ1) is 19.4. The first-order valence-electron chi connectivity index (χ1n) is 10.5. The van der Waals surface area contributed by atoms with Gasteiger partial charge in [0.1, 0.15) is 23.9 Å². The van der Waals surface area contributed by atoms with E-state index in [0.717, 1.165) is 16.9 Å². The molecular weight excluding hydrogens is 395 g/mol. The molecule has 0 radical (unpaired) electrons. The van der Waals surface area contributed by atoms with Crippen molar-refractivity contribution in [1.82, 2.24) is 4.90 Å². The van der Waals surface area contributed by atoms with Crippen molar-refractivity contribution in [1.29, 1.82) is 0 Å². The lowest BCUT2D eigenvalue weighted by Crippen LogP contribution is -2.52. The Morgan fingerprint density at radius 2 is 1.87 bits per heavy atom. The topological polar surface area (TPSA) is 50.8 Å². The van der Waals surface area contributed by atoms with E-state index >= 15 is 0 Å². The molecule has 31 heavy (non-hydrogen) atoms. The summed E-state index contributed by atoms with van der Waals surface area (Å²) in [7, 11) is 0. The van der Waals surface area contributed by atoms with Gasteiger partial charge in [-0.05, 0) is 17.7 Å². The minimum atomic E-state index is -0.552. The van der Waals surface area contributed by atoms with Crippen molar-refractivity contribution < 1.29 is 18.7 Å². The first-order valence-corrected chi connectivity index (χ1v) is 10.5. The number of ether oxygens (including phenoxy) is 2. The molecule has 2 aliphatic heterocycles. The molecular formula is C25H23FN2O3. The standard InChI is InChI=1S/C25H23FN2O3/c26-21-13-24-22(27-10-11-30-24)12-20(21)25(29)28-14-17(15-28)16-31-23-9-5-4-8-19(23)18-6-2-1-3-7-18/h1-9,12-13,17,27H,10-11,14-16H2. The number of carbonyl (C=O) groups is 1. The van der Waals surface area contributed by atoms with Gasteiger partial charge in [0.25, 0.3) is 5.91 Å². The van der Waals surface area contributed by atoms with E-state index < -0.39 is 5.82 Å². The van der Waals surface area contributed by atoms with Crippen LogP contribution in [0.1, 0.15) is 10.4 Å².